The minimum absolute atomic E-state index is 0.502. The van der Waals surface area contributed by atoms with E-state index in [0.717, 1.165) is 13.0 Å². The number of hydrogen-bond donors (Lipinski definition) is 1. The third kappa shape index (κ3) is 2.06. The van der Waals surface area contributed by atoms with E-state index in [9.17, 15) is 4.79 Å². The van der Waals surface area contributed by atoms with Crippen LogP contribution in [0.4, 0.5) is 0 Å². The van der Waals surface area contributed by atoms with E-state index >= 15 is 0 Å². The molecule has 2 rings (SSSR count). The van der Waals surface area contributed by atoms with Gasteiger partial charge in [-0.2, -0.15) is 5.10 Å². The van der Waals surface area contributed by atoms with Gasteiger partial charge in [0.25, 0.3) is 0 Å². The molecule has 0 aliphatic carbocycles. The summed E-state index contributed by atoms with van der Waals surface area (Å²) in [6.45, 7) is 1.32. The van der Waals surface area contributed by atoms with Crippen molar-refractivity contribution in [2.45, 2.75) is 31.7 Å². The van der Waals surface area contributed by atoms with E-state index in [0.29, 0.717) is 31.1 Å². The monoisotopic (exact) mass is 225 g/mol. The smallest absolute Gasteiger partial charge is 0.314 e. The van der Waals surface area contributed by atoms with E-state index in [2.05, 4.69) is 10.1 Å². The molecule has 1 aromatic heterocycles. The number of carbonyl (C=O) groups is 1. The highest BCUT2D eigenvalue weighted by atomic mass is 16.5. The quantitative estimate of drug-likeness (QED) is 0.804. The van der Waals surface area contributed by atoms with Gasteiger partial charge in [0.1, 0.15) is 11.7 Å². The average molecular weight is 225 g/mol. The van der Waals surface area contributed by atoms with Crippen molar-refractivity contribution in [2.24, 2.45) is 0 Å². The first-order valence-corrected chi connectivity index (χ1v) is 5.37. The molecule has 1 N–H and O–H groups in total. The van der Waals surface area contributed by atoms with Crippen LogP contribution in [0.5, 0.6) is 0 Å². The van der Waals surface area contributed by atoms with Gasteiger partial charge in [-0.15, -0.1) is 0 Å². The molecule has 6 heteroatoms. The Labute approximate surface area is 93.2 Å². The van der Waals surface area contributed by atoms with Crippen LogP contribution in [0.1, 0.15) is 30.4 Å². The Bertz CT molecular complexity index is 389. The molecule has 0 amide bonds. The lowest BCUT2D eigenvalue weighted by molar-refractivity contribution is -0.139. The second kappa shape index (κ2) is 4.61. The van der Waals surface area contributed by atoms with Crippen molar-refractivity contribution in [2.75, 3.05) is 13.7 Å². The summed E-state index contributed by atoms with van der Waals surface area (Å²) in [5.41, 5.74) is 0. The van der Waals surface area contributed by atoms with Crippen LogP contribution in [0.25, 0.3) is 0 Å². The number of nitrogens with zero attached hydrogens (tertiary/aromatic N) is 3. The summed E-state index contributed by atoms with van der Waals surface area (Å²) in [5.74, 6) is -0.0564. The summed E-state index contributed by atoms with van der Waals surface area (Å²) in [7, 11) is 1.62. The average Bonchev–Trinajstić information content (AvgIpc) is 2.68. The highest BCUT2D eigenvalue weighted by molar-refractivity contribution is 5.75. The molecular formula is C10H15N3O3. The number of carboxylic acid groups (broad SMARTS) is 1. The van der Waals surface area contributed by atoms with E-state index in [-0.39, 0.29) is 0 Å². The second-order valence-corrected chi connectivity index (χ2v) is 3.89. The fraction of sp³-hybridized carbons (Fsp3) is 0.700. The summed E-state index contributed by atoms with van der Waals surface area (Å²) in [5, 5.41) is 13.3. The Morgan fingerprint density at radius 2 is 2.50 bits per heavy atom. The zero-order valence-electron chi connectivity index (χ0n) is 9.22. The number of hydrogen-bond acceptors (Lipinski definition) is 4. The summed E-state index contributed by atoms with van der Waals surface area (Å²) in [4.78, 5) is 15.3. The van der Waals surface area contributed by atoms with Crippen molar-refractivity contribution >= 4 is 5.97 Å². The van der Waals surface area contributed by atoms with Gasteiger partial charge in [0, 0.05) is 20.1 Å². The van der Waals surface area contributed by atoms with Crippen LogP contribution < -0.4 is 0 Å². The normalized spacial score (nSPS) is 19.4. The maximum Gasteiger partial charge on any atom is 0.314 e. The molecule has 2 heterocycles. The van der Waals surface area contributed by atoms with E-state index in [1.54, 1.807) is 11.8 Å². The molecule has 16 heavy (non-hydrogen) atoms. The van der Waals surface area contributed by atoms with E-state index < -0.39 is 11.9 Å². The number of methoxy groups -OCH3 is 1. The van der Waals surface area contributed by atoms with E-state index in [1.165, 1.54) is 0 Å². The number of fused-ring (bicyclic) bond motifs is 1. The van der Waals surface area contributed by atoms with E-state index in [4.69, 9.17) is 9.84 Å². The molecule has 0 bridgehead atoms. The Balaban J connectivity index is 2.20. The molecule has 1 aromatic rings. The van der Waals surface area contributed by atoms with Crippen LogP contribution in [-0.4, -0.2) is 39.6 Å². The standard InChI is InChI=1S/C10H15N3O3/c1-16-6-4-8-11-9-7(10(14)15)3-2-5-13(9)12-8/h7H,2-6H2,1H3,(H,14,15). The van der Waals surface area contributed by atoms with Crippen molar-refractivity contribution < 1.29 is 14.6 Å². The fourth-order valence-corrected chi connectivity index (χ4v) is 1.93. The highest BCUT2D eigenvalue weighted by Crippen LogP contribution is 2.25. The summed E-state index contributed by atoms with van der Waals surface area (Å²) >= 11 is 0. The summed E-state index contributed by atoms with van der Waals surface area (Å²) in [6.07, 6.45) is 2.12. The molecule has 1 unspecified atom stereocenters. The third-order valence-electron chi connectivity index (χ3n) is 2.75. The number of aliphatic carboxylic acids is 1. The summed E-state index contributed by atoms with van der Waals surface area (Å²) < 4.78 is 6.66. The van der Waals surface area contributed by atoms with Crippen LogP contribution in [0.2, 0.25) is 0 Å². The summed E-state index contributed by atoms with van der Waals surface area (Å²) in [6, 6.07) is 0. The minimum atomic E-state index is -0.813. The molecule has 1 aliphatic heterocycles. The highest BCUT2D eigenvalue weighted by Gasteiger charge is 2.29. The lowest BCUT2D eigenvalue weighted by atomic mass is 10.00. The molecule has 88 valence electrons. The lowest BCUT2D eigenvalue weighted by Gasteiger charge is -2.17. The minimum Gasteiger partial charge on any atom is -0.481 e. The van der Waals surface area contributed by atoms with Gasteiger partial charge in [-0.25, -0.2) is 9.67 Å². The Morgan fingerprint density at radius 3 is 3.19 bits per heavy atom. The van der Waals surface area contributed by atoms with Gasteiger partial charge in [-0.05, 0) is 12.8 Å². The predicted octanol–water partition coefficient (Wildman–Crippen LogP) is 0.429. The molecule has 1 aliphatic rings. The Morgan fingerprint density at radius 1 is 1.69 bits per heavy atom. The second-order valence-electron chi connectivity index (χ2n) is 3.89. The molecule has 0 spiro atoms. The van der Waals surface area contributed by atoms with Gasteiger partial charge >= 0.3 is 5.97 Å². The van der Waals surface area contributed by atoms with Crippen LogP contribution in [0, 0.1) is 0 Å². The number of aryl methyl sites for hydroxylation is 1. The zero-order valence-corrected chi connectivity index (χ0v) is 9.22. The van der Waals surface area contributed by atoms with Crippen molar-refractivity contribution in [1.82, 2.24) is 14.8 Å². The van der Waals surface area contributed by atoms with Crippen molar-refractivity contribution in [3.63, 3.8) is 0 Å². The topological polar surface area (TPSA) is 77.2 Å². The van der Waals surface area contributed by atoms with Gasteiger partial charge in [0.05, 0.1) is 6.61 Å². The van der Waals surface area contributed by atoms with Gasteiger partial charge < -0.3 is 9.84 Å². The first kappa shape index (κ1) is 11.1. The molecule has 0 saturated carbocycles. The first-order chi connectivity index (χ1) is 7.72. The molecule has 0 fully saturated rings. The number of rotatable bonds is 4. The van der Waals surface area contributed by atoms with Crippen LogP contribution in [-0.2, 0) is 22.5 Å². The van der Waals surface area contributed by atoms with E-state index in [1.807, 2.05) is 0 Å². The Kier molecular flexibility index (Phi) is 3.19. The van der Waals surface area contributed by atoms with Gasteiger partial charge in [-0.1, -0.05) is 0 Å². The molecular weight excluding hydrogens is 210 g/mol. The largest absolute Gasteiger partial charge is 0.481 e. The SMILES string of the molecule is COCCc1nc2n(n1)CCCC2C(=O)O. The number of ether oxygens (including phenoxy) is 1. The molecule has 1 atom stereocenters. The van der Waals surface area contributed by atoms with Gasteiger partial charge in [0.15, 0.2) is 5.82 Å². The van der Waals surface area contributed by atoms with Crippen molar-refractivity contribution in [3.8, 4) is 0 Å². The first-order valence-electron chi connectivity index (χ1n) is 5.37. The lowest BCUT2D eigenvalue weighted by Crippen LogP contribution is -2.22. The Hall–Kier alpha value is -1.43. The maximum absolute atomic E-state index is 11.0. The van der Waals surface area contributed by atoms with Gasteiger partial charge in [-0.3, -0.25) is 4.79 Å². The molecule has 0 radical (unpaired) electrons. The maximum atomic E-state index is 11.0. The van der Waals surface area contributed by atoms with Crippen LogP contribution in [0.15, 0.2) is 0 Å². The molecule has 6 nitrogen and oxygen atoms in total. The number of carboxylic acids is 1. The van der Waals surface area contributed by atoms with Crippen LogP contribution >= 0.6 is 0 Å². The van der Waals surface area contributed by atoms with Crippen LogP contribution in [0.3, 0.4) is 0 Å². The zero-order chi connectivity index (χ0) is 11.5. The van der Waals surface area contributed by atoms with Gasteiger partial charge in [0.2, 0.25) is 0 Å². The van der Waals surface area contributed by atoms with Crippen molar-refractivity contribution in [1.29, 1.82) is 0 Å². The third-order valence-corrected chi connectivity index (χ3v) is 2.75. The number of aromatic nitrogens is 3. The molecule has 0 aromatic carbocycles. The van der Waals surface area contributed by atoms with Crippen molar-refractivity contribution in [3.05, 3.63) is 11.6 Å². The fourth-order valence-electron chi connectivity index (χ4n) is 1.93. The predicted molar refractivity (Wildman–Crippen MR) is 55.2 cm³/mol. The molecule has 0 saturated heterocycles.